The lowest BCUT2D eigenvalue weighted by molar-refractivity contribution is -0.133. The van der Waals surface area contributed by atoms with Crippen molar-refractivity contribution in [3.05, 3.63) is 71.1 Å². The normalized spacial score (nSPS) is 11.0. The van der Waals surface area contributed by atoms with Crippen LogP contribution in [0.3, 0.4) is 0 Å². The standard InChI is InChI=1S/C22H24ClN3O2/c1-16(2)26(15-17-7-4-3-5-8-17)21(27)10-6-9-20-24-22(25-28-20)18-11-13-19(23)14-12-18/h3-5,7-8,11-14,16H,6,9-10,15H2,1-2H3. The van der Waals surface area contributed by atoms with Crippen LogP contribution in [0, 0.1) is 0 Å². The van der Waals surface area contributed by atoms with Gasteiger partial charge in [-0.1, -0.05) is 47.1 Å². The topological polar surface area (TPSA) is 59.2 Å². The maximum atomic E-state index is 12.7. The largest absolute Gasteiger partial charge is 0.339 e. The lowest BCUT2D eigenvalue weighted by Crippen LogP contribution is -2.36. The molecule has 0 aliphatic heterocycles. The number of aromatic nitrogens is 2. The minimum absolute atomic E-state index is 0.135. The van der Waals surface area contributed by atoms with Crippen molar-refractivity contribution in [2.24, 2.45) is 0 Å². The van der Waals surface area contributed by atoms with Crippen molar-refractivity contribution in [2.75, 3.05) is 0 Å². The molecular formula is C22H24ClN3O2. The highest BCUT2D eigenvalue weighted by molar-refractivity contribution is 6.30. The van der Waals surface area contributed by atoms with Crippen molar-refractivity contribution in [3.63, 3.8) is 0 Å². The average Bonchev–Trinajstić information content (AvgIpc) is 3.16. The summed E-state index contributed by atoms with van der Waals surface area (Å²) in [6.07, 6.45) is 1.69. The van der Waals surface area contributed by atoms with E-state index >= 15 is 0 Å². The van der Waals surface area contributed by atoms with Crippen LogP contribution in [-0.4, -0.2) is 27.0 Å². The van der Waals surface area contributed by atoms with E-state index in [0.717, 1.165) is 11.1 Å². The highest BCUT2D eigenvalue weighted by Crippen LogP contribution is 2.19. The molecule has 3 rings (SSSR count). The summed E-state index contributed by atoms with van der Waals surface area (Å²) in [7, 11) is 0. The molecule has 0 bridgehead atoms. The van der Waals surface area contributed by atoms with Gasteiger partial charge in [0.25, 0.3) is 0 Å². The van der Waals surface area contributed by atoms with Gasteiger partial charge < -0.3 is 9.42 Å². The fourth-order valence-electron chi connectivity index (χ4n) is 2.95. The monoisotopic (exact) mass is 397 g/mol. The fraction of sp³-hybridized carbons (Fsp3) is 0.318. The van der Waals surface area contributed by atoms with Crippen LogP contribution in [0.5, 0.6) is 0 Å². The smallest absolute Gasteiger partial charge is 0.226 e. The molecule has 0 aliphatic carbocycles. The number of carbonyl (C=O) groups is 1. The van der Waals surface area contributed by atoms with E-state index in [4.69, 9.17) is 16.1 Å². The molecule has 1 heterocycles. The van der Waals surface area contributed by atoms with Gasteiger partial charge in [0.05, 0.1) is 0 Å². The minimum Gasteiger partial charge on any atom is -0.339 e. The summed E-state index contributed by atoms with van der Waals surface area (Å²) in [6, 6.07) is 17.5. The Labute approximate surface area is 170 Å². The molecule has 0 aliphatic rings. The van der Waals surface area contributed by atoms with E-state index in [2.05, 4.69) is 10.1 Å². The number of amides is 1. The summed E-state index contributed by atoms with van der Waals surface area (Å²) >= 11 is 5.90. The van der Waals surface area contributed by atoms with Gasteiger partial charge >= 0.3 is 0 Å². The van der Waals surface area contributed by atoms with Crippen LogP contribution in [0.1, 0.15) is 38.1 Å². The molecule has 0 saturated carbocycles. The molecule has 0 unspecified atom stereocenters. The molecule has 146 valence electrons. The van der Waals surface area contributed by atoms with Crippen LogP contribution in [0.15, 0.2) is 59.1 Å². The van der Waals surface area contributed by atoms with E-state index in [-0.39, 0.29) is 11.9 Å². The third kappa shape index (κ3) is 5.42. The lowest BCUT2D eigenvalue weighted by Gasteiger charge is -2.27. The highest BCUT2D eigenvalue weighted by Gasteiger charge is 2.17. The second-order valence-corrected chi connectivity index (χ2v) is 7.41. The van der Waals surface area contributed by atoms with Gasteiger partial charge in [0, 0.05) is 36.0 Å². The number of aryl methyl sites for hydroxylation is 1. The van der Waals surface area contributed by atoms with Crippen molar-refractivity contribution in [1.82, 2.24) is 15.0 Å². The maximum Gasteiger partial charge on any atom is 0.226 e. The number of hydrogen-bond acceptors (Lipinski definition) is 4. The maximum absolute atomic E-state index is 12.7. The predicted octanol–water partition coefficient (Wildman–Crippen LogP) is 5.15. The molecule has 0 N–H and O–H groups in total. The van der Waals surface area contributed by atoms with E-state index in [1.54, 1.807) is 12.1 Å². The Morgan fingerprint density at radius 1 is 1.11 bits per heavy atom. The number of halogens is 1. The highest BCUT2D eigenvalue weighted by atomic mass is 35.5. The van der Waals surface area contributed by atoms with E-state index in [1.165, 1.54) is 0 Å². The second-order valence-electron chi connectivity index (χ2n) is 6.97. The van der Waals surface area contributed by atoms with Crippen LogP contribution in [-0.2, 0) is 17.8 Å². The Balaban J connectivity index is 1.53. The quantitative estimate of drug-likeness (QED) is 0.527. The molecule has 0 atom stereocenters. The van der Waals surface area contributed by atoms with E-state index in [0.29, 0.717) is 42.5 Å². The third-order valence-corrected chi connectivity index (χ3v) is 4.74. The molecule has 2 aromatic carbocycles. The minimum atomic E-state index is 0.135. The summed E-state index contributed by atoms with van der Waals surface area (Å²) in [5.41, 5.74) is 1.98. The van der Waals surface area contributed by atoms with Crippen molar-refractivity contribution in [3.8, 4) is 11.4 Å². The van der Waals surface area contributed by atoms with Crippen molar-refractivity contribution < 1.29 is 9.32 Å². The zero-order valence-corrected chi connectivity index (χ0v) is 16.9. The summed E-state index contributed by atoms with van der Waals surface area (Å²) in [5.74, 6) is 1.21. The molecule has 0 saturated heterocycles. The fourth-order valence-corrected chi connectivity index (χ4v) is 3.07. The molecule has 1 aromatic heterocycles. The number of hydrogen-bond donors (Lipinski definition) is 0. The van der Waals surface area contributed by atoms with Crippen molar-refractivity contribution >= 4 is 17.5 Å². The Hall–Kier alpha value is -2.66. The summed E-state index contributed by atoms with van der Waals surface area (Å²) in [4.78, 5) is 19.0. The van der Waals surface area contributed by atoms with Gasteiger partial charge in [-0.2, -0.15) is 4.98 Å². The molecule has 28 heavy (non-hydrogen) atoms. The molecule has 0 spiro atoms. The number of nitrogens with zero attached hydrogens (tertiary/aromatic N) is 3. The summed E-state index contributed by atoms with van der Waals surface area (Å²) in [5, 5.41) is 4.67. The first kappa shape index (κ1) is 20.1. The molecule has 0 fully saturated rings. The molecule has 0 radical (unpaired) electrons. The molecule has 5 nitrogen and oxygen atoms in total. The molecule has 6 heteroatoms. The van der Waals surface area contributed by atoms with Crippen LogP contribution in [0.2, 0.25) is 5.02 Å². The van der Waals surface area contributed by atoms with E-state index < -0.39 is 0 Å². The van der Waals surface area contributed by atoms with Gasteiger partial charge in [0.2, 0.25) is 17.6 Å². The molecule has 3 aromatic rings. The number of benzene rings is 2. The Morgan fingerprint density at radius 3 is 2.50 bits per heavy atom. The van der Waals surface area contributed by atoms with Gasteiger partial charge in [-0.25, -0.2) is 0 Å². The Kier molecular flexibility index (Phi) is 6.82. The van der Waals surface area contributed by atoms with Crippen LogP contribution in [0.25, 0.3) is 11.4 Å². The number of carbonyl (C=O) groups excluding carboxylic acids is 1. The van der Waals surface area contributed by atoms with Gasteiger partial charge in [0.1, 0.15) is 0 Å². The van der Waals surface area contributed by atoms with Crippen LogP contribution < -0.4 is 0 Å². The van der Waals surface area contributed by atoms with Crippen molar-refractivity contribution in [1.29, 1.82) is 0 Å². The van der Waals surface area contributed by atoms with Gasteiger partial charge in [0.15, 0.2) is 0 Å². The van der Waals surface area contributed by atoms with Gasteiger partial charge in [-0.3, -0.25) is 4.79 Å². The lowest BCUT2D eigenvalue weighted by atomic mass is 10.1. The SMILES string of the molecule is CC(C)N(Cc1ccccc1)C(=O)CCCc1nc(-c2ccc(Cl)cc2)no1. The van der Waals surface area contributed by atoms with Crippen LogP contribution >= 0.6 is 11.6 Å². The van der Waals surface area contributed by atoms with Crippen molar-refractivity contribution in [2.45, 2.75) is 45.7 Å². The average molecular weight is 398 g/mol. The van der Waals surface area contributed by atoms with E-state index in [9.17, 15) is 4.79 Å². The number of rotatable bonds is 8. The Bertz CT molecular complexity index is 892. The zero-order chi connectivity index (χ0) is 19.9. The third-order valence-electron chi connectivity index (χ3n) is 4.49. The summed E-state index contributed by atoms with van der Waals surface area (Å²) in [6.45, 7) is 4.70. The van der Waals surface area contributed by atoms with E-state index in [1.807, 2.05) is 61.2 Å². The second kappa shape index (κ2) is 9.51. The first-order valence-electron chi connectivity index (χ1n) is 9.45. The van der Waals surface area contributed by atoms with Gasteiger partial charge in [-0.15, -0.1) is 0 Å². The van der Waals surface area contributed by atoms with Gasteiger partial charge in [-0.05, 0) is 50.1 Å². The first-order valence-corrected chi connectivity index (χ1v) is 9.82. The molecular weight excluding hydrogens is 374 g/mol. The summed E-state index contributed by atoms with van der Waals surface area (Å²) < 4.78 is 5.32. The molecule has 1 amide bonds. The predicted molar refractivity (Wildman–Crippen MR) is 110 cm³/mol. The zero-order valence-electron chi connectivity index (χ0n) is 16.1. The first-order chi connectivity index (χ1) is 13.5. The Morgan fingerprint density at radius 2 is 1.82 bits per heavy atom. The van der Waals surface area contributed by atoms with Crippen LogP contribution in [0.4, 0.5) is 0 Å².